The molecule has 0 aliphatic heterocycles. The number of rotatable bonds is 10. The molecule has 7 heteroatoms. The van der Waals surface area contributed by atoms with E-state index < -0.39 is 18.1 Å². The predicted molar refractivity (Wildman–Crippen MR) is 144 cm³/mol. The van der Waals surface area contributed by atoms with Crippen molar-refractivity contribution >= 4 is 12.1 Å². The first-order chi connectivity index (χ1) is 18.5. The summed E-state index contributed by atoms with van der Waals surface area (Å²) in [7, 11) is 0. The Morgan fingerprint density at radius 3 is 2.24 bits per heavy atom. The number of nitrogens with one attached hydrogen (secondary N) is 1. The number of carbonyl (C=O) groups is 2. The van der Waals surface area contributed by atoms with Crippen LogP contribution in [-0.4, -0.2) is 42.5 Å². The number of carbonyl (C=O) groups excluding carboxylic acids is 1. The van der Waals surface area contributed by atoms with E-state index in [-0.39, 0.29) is 25.0 Å². The molecule has 0 aromatic heterocycles. The van der Waals surface area contributed by atoms with Crippen LogP contribution in [0.1, 0.15) is 55.2 Å². The van der Waals surface area contributed by atoms with Gasteiger partial charge in [0.1, 0.15) is 12.6 Å². The first kappa shape index (κ1) is 25.6. The molecule has 1 unspecified atom stereocenters. The van der Waals surface area contributed by atoms with E-state index in [2.05, 4.69) is 17.4 Å². The minimum Gasteiger partial charge on any atom is -0.490 e. The molecule has 3 aromatic rings. The predicted octanol–water partition coefficient (Wildman–Crippen LogP) is 5.94. The molecule has 2 N–H and O–H groups in total. The van der Waals surface area contributed by atoms with Gasteiger partial charge in [-0.05, 0) is 72.6 Å². The van der Waals surface area contributed by atoms with E-state index in [1.165, 1.54) is 0 Å². The summed E-state index contributed by atoms with van der Waals surface area (Å²) in [5.41, 5.74) is 5.18. The molecule has 0 radical (unpaired) electrons. The Balaban J connectivity index is 1.23. The van der Waals surface area contributed by atoms with Crippen molar-refractivity contribution in [3.63, 3.8) is 0 Å². The average Bonchev–Trinajstić information content (AvgIpc) is 3.55. The van der Waals surface area contributed by atoms with Gasteiger partial charge in [-0.15, -0.1) is 0 Å². The van der Waals surface area contributed by atoms with Crippen molar-refractivity contribution in [1.82, 2.24) is 5.32 Å². The number of benzene rings is 3. The van der Waals surface area contributed by atoms with Crippen LogP contribution in [0.25, 0.3) is 11.1 Å². The molecule has 1 saturated carbocycles. The maximum absolute atomic E-state index is 12.7. The third-order valence-corrected chi connectivity index (χ3v) is 7.28. The van der Waals surface area contributed by atoms with Crippen molar-refractivity contribution < 1.29 is 28.9 Å². The third-order valence-electron chi connectivity index (χ3n) is 7.28. The van der Waals surface area contributed by atoms with Crippen LogP contribution in [0.15, 0.2) is 66.7 Å². The van der Waals surface area contributed by atoms with E-state index in [4.69, 9.17) is 14.2 Å². The summed E-state index contributed by atoms with van der Waals surface area (Å²) in [4.78, 5) is 24.7. The summed E-state index contributed by atoms with van der Waals surface area (Å²) >= 11 is 0. The van der Waals surface area contributed by atoms with Crippen LogP contribution in [0.3, 0.4) is 0 Å². The van der Waals surface area contributed by atoms with E-state index in [0.29, 0.717) is 18.1 Å². The lowest BCUT2D eigenvalue weighted by molar-refractivity contribution is -0.139. The molecular weight excluding hydrogens is 482 g/mol. The molecule has 3 aromatic carbocycles. The lowest BCUT2D eigenvalue weighted by Gasteiger charge is -2.19. The van der Waals surface area contributed by atoms with Gasteiger partial charge >= 0.3 is 12.1 Å². The van der Waals surface area contributed by atoms with Crippen LogP contribution in [0, 0.1) is 0 Å². The fourth-order valence-electron chi connectivity index (χ4n) is 5.45. The van der Waals surface area contributed by atoms with Gasteiger partial charge in [-0.3, -0.25) is 0 Å². The Hall–Kier alpha value is -4.00. The molecule has 38 heavy (non-hydrogen) atoms. The van der Waals surface area contributed by atoms with Crippen molar-refractivity contribution in [2.24, 2.45) is 0 Å². The second kappa shape index (κ2) is 11.6. The lowest BCUT2D eigenvalue weighted by atomic mass is 9.98. The van der Waals surface area contributed by atoms with Gasteiger partial charge in [-0.25, -0.2) is 9.59 Å². The summed E-state index contributed by atoms with van der Waals surface area (Å²) < 4.78 is 17.5. The fraction of sp³-hybridized carbons (Fsp3) is 0.355. The van der Waals surface area contributed by atoms with Gasteiger partial charge in [0.25, 0.3) is 0 Å². The smallest absolute Gasteiger partial charge is 0.407 e. The molecule has 7 nitrogen and oxygen atoms in total. The van der Waals surface area contributed by atoms with E-state index in [0.717, 1.165) is 53.5 Å². The van der Waals surface area contributed by atoms with Crippen LogP contribution >= 0.6 is 0 Å². The van der Waals surface area contributed by atoms with Gasteiger partial charge in [0.05, 0.1) is 12.7 Å². The zero-order valence-electron chi connectivity index (χ0n) is 21.5. The Bertz CT molecular complexity index is 1250. The van der Waals surface area contributed by atoms with Crippen molar-refractivity contribution in [2.75, 3.05) is 13.2 Å². The molecule has 198 valence electrons. The molecule has 0 spiro atoms. The highest BCUT2D eigenvalue weighted by Crippen LogP contribution is 2.44. The average molecular weight is 516 g/mol. The van der Waals surface area contributed by atoms with Crippen molar-refractivity contribution in [3.8, 4) is 22.6 Å². The van der Waals surface area contributed by atoms with Gasteiger partial charge in [-0.1, -0.05) is 54.6 Å². The largest absolute Gasteiger partial charge is 0.490 e. The first-order valence-corrected chi connectivity index (χ1v) is 13.3. The summed E-state index contributed by atoms with van der Waals surface area (Å²) in [5, 5.41) is 12.3. The molecule has 1 fully saturated rings. The van der Waals surface area contributed by atoms with Gasteiger partial charge < -0.3 is 24.6 Å². The Morgan fingerprint density at radius 2 is 1.61 bits per heavy atom. The molecule has 2 aliphatic carbocycles. The maximum atomic E-state index is 12.7. The molecule has 5 rings (SSSR count). The van der Waals surface area contributed by atoms with E-state index in [9.17, 15) is 14.7 Å². The quantitative estimate of drug-likeness (QED) is 0.347. The number of hydrogen-bond donors (Lipinski definition) is 2. The van der Waals surface area contributed by atoms with Crippen molar-refractivity contribution in [3.05, 3.63) is 83.4 Å². The Kier molecular flexibility index (Phi) is 7.82. The number of carboxylic acids is 1. The SMILES string of the molecule is CCOc1cc(CC(NC(=O)OCC2c3ccccc3-c3ccccc32)C(=O)O)ccc1OC1CCCC1. The molecule has 0 heterocycles. The highest BCUT2D eigenvalue weighted by Gasteiger charge is 2.30. The summed E-state index contributed by atoms with van der Waals surface area (Å²) in [6, 6.07) is 20.4. The van der Waals surface area contributed by atoms with Crippen LogP contribution in [0.2, 0.25) is 0 Å². The molecule has 0 saturated heterocycles. The lowest BCUT2D eigenvalue weighted by Crippen LogP contribution is -2.42. The van der Waals surface area contributed by atoms with Crippen LogP contribution < -0.4 is 14.8 Å². The Morgan fingerprint density at radius 1 is 0.947 bits per heavy atom. The maximum Gasteiger partial charge on any atom is 0.407 e. The number of hydrogen-bond acceptors (Lipinski definition) is 5. The van der Waals surface area contributed by atoms with Gasteiger partial charge in [-0.2, -0.15) is 0 Å². The number of fused-ring (bicyclic) bond motifs is 3. The Labute approximate surface area is 222 Å². The second-order valence-electron chi connectivity index (χ2n) is 9.80. The topological polar surface area (TPSA) is 94.1 Å². The van der Waals surface area contributed by atoms with Gasteiger partial charge in [0.15, 0.2) is 11.5 Å². The second-order valence-corrected chi connectivity index (χ2v) is 9.80. The highest BCUT2D eigenvalue weighted by molar-refractivity contribution is 5.81. The normalized spacial score (nSPS) is 15.4. The zero-order valence-corrected chi connectivity index (χ0v) is 21.5. The monoisotopic (exact) mass is 515 g/mol. The van der Waals surface area contributed by atoms with Crippen molar-refractivity contribution in [2.45, 2.75) is 57.1 Å². The zero-order chi connectivity index (χ0) is 26.5. The summed E-state index contributed by atoms with van der Waals surface area (Å²) in [6.45, 7) is 2.48. The minimum absolute atomic E-state index is 0.0866. The van der Waals surface area contributed by atoms with Crippen LogP contribution in [-0.2, 0) is 16.0 Å². The van der Waals surface area contributed by atoms with E-state index in [1.54, 1.807) is 6.07 Å². The number of carboxylic acid groups (broad SMARTS) is 1. The number of amides is 1. The molecule has 2 aliphatic rings. The number of ether oxygens (including phenoxy) is 3. The van der Waals surface area contributed by atoms with Crippen molar-refractivity contribution in [1.29, 1.82) is 0 Å². The molecule has 0 bridgehead atoms. The van der Waals surface area contributed by atoms with E-state index in [1.807, 2.05) is 55.5 Å². The van der Waals surface area contributed by atoms with Crippen LogP contribution in [0.4, 0.5) is 4.79 Å². The third kappa shape index (κ3) is 5.62. The number of alkyl carbamates (subject to hydrolysis) is 1. The highest BCUT2D eigenvalue weighted by atomic mass is 16.5. The van der Waals surface area contributed by atoms with Crippen LogP contribution in [0.5, 0.6) is 11.5 Å². The van der Waals surface area contributed by atoms with Gasteiger partial charge in [0, 0.05) is 12.3 Å². The summed E-state index contributed by atoms with van der Waals surface area (Å²) in [6.07, 6.45) is 3.89. The number of aliphatic carboxylic acids is 1. The molecule has 1 amide bonds. The standard InChI is InChI=1S/C31H33NO6/c1-2-36-29-18-20(15-16-28(29)38-21-9-3-4-10-21)17-27(30(33)34)32-31(35)37-19-26-24-13-7-5-11-22(24)23-12-6-8-14-25(23)26/h5-8,11-16,18,21,26-27H,2-4,9-10,17,19H2,1H3,(H,32,35)(H,33,34). The van der Waals surface area contributed by atoms with E-state index >= 15 is 0 Å². The summed E-state index contributed by atoms with van der Waals surface area (Å²) in [5.74, 6) is 0.0152. The minimum atomic E-state index is -1.15. The van der Waals surface area contributed by atoms with Gasteiger partial charge in [0.2, 0.25) is 0 Å². The molecule has 1 atom stereocenters. The first-order valence-electron chi connectivity index (χ1n) is 13.3. The fourth-order valence-corrected chi connectivity index (χ4v) is 5.45. The molecular formula is C31H33NO6.